The van der Waals surface area contributed by atoms with Crippen LogP contribution in [0.1, 0.15) is 78.2 Å². The smallest absolute Gasteiger partial charge is 0.308 e. The van der Waals surface area contributed by atoms with Crippen LogP contribution in [-0.4, -0.2) is 46.5 Å². The van der Waals surface area contributed by atoms with Gasteiger partial charge in [-0.1, -0.05) is 76.3 Å². The molecule has 0 heterocycles. The monoisotopic (exact) mass is 569 g/mol. The van der Waals surface area contributed by atoms with E-state index in [1.165, 1.54) is 5.57 Å². The molecule has 8 nitrogen and oxygen atoms in total. The van der Waals surface area contributed by atoms with Gasteiger partial charge in [0.05, 0.1) is 18.4 Å². The van der Waals surface area contributed by atoms with Crippen LogP contribution in [0.2, 0.25) is 0 Å². The van der Waals surface area contributed by atoms with Gasteiger partial charge in [0, 0.05) is 18.8 Å². The number of rotatable bonds is 14. The van der Waals surface area contributed by atoms with Crippen molar-refractivity contribution in [1.29, 1.82) is 0 Å². The molecule has 2 aliphatic carbocycles. The number of ether oxygens (including phenoxy) is 2. The molecule has 226 valence electrons. The summed E-state index contributed by atoms with van der Waals surface area (Å²) in [5.41, 5.74) is 3.78. The maximum atomic E-state index is 12.7. The number of esters is 2. The number of nitrogens with one attached hydrogen (secondary N) is 1. The third-order valence-electron chi connectivity index (χ3n) is 8.54. The van der Waals surface area contributed by atoms with Gasteiger partial charge in [-0.3, -0.25) is 19.6 Å². The second-order valence-electron chi connectivity index (χ2n) is 11.9. The summed E-state index contributed by atoms with van der Waals surface area (Å²) in [6.45, 7) is 8.17. The van der Waals surface area contributed by atoms with Gasteiger partial charge in [-0.2, -0.15) is 0 Å². The number of carbonyl (C=O) groups excluding carboxylic acids is 3. The Hall–Kier alpha value is -2.97. The normalized spacial score (nSPS) is 25.7. The van der Waals surface area contributed by atoms with Crippen molar-refractivity contribution in [3.8, 4) is 0 Å². The topological polar surface area (TPSA) is 122 Å². The Labute approximate surface area is 244 Å². The van der Waals surface area contributed by atoms with Gasteiger partial charge in [-0.15, -0.1) is 0 Å². The van der Waals surface area contributed by atoms with E-state index in [1.54, 1.807) is 5.48 Å². The number of fused-ring (bicyclic) bond motifs is 1. The van der Waals surface area contributed by atoms with Gasteiger partial charge in [0.2, 0.25) is 5.91 Å². The van der Waals surface area contributed by atoms with Gasteiger partial charge in [0.15, 0.2) is 0 Å². The Morgan fingerprint density at radius 2 is 1.88 bits per heavy atom. The molecule has 0 aliphatic heterocycles. The highest BCUT2D eigenvalue weighted by molar-refractivity contribution is 5.76. The van der Waals surface area contributed by atoms with Gasteiger partial charge in [0.25, 0.3) is 0 Å². The van der Waals surface area contributed by atoms with Crippen LogP contribution in [0, 0.1) is 29.6 Å². The van der Waals surface area contributed by atoms with E-state index >= 15 is 0 Å². The Bertz CT molecular complexity index is 1070. The van der Waals surface area contributed by atoms with Crippen LogP contribution in [0.5, 0.6) is 0 Å². The Morgan fingerprint density at radius 1 is 1.15 bits per heavy atom. The largest absolute Gasteiger partial charge is 0.462 e. The maximum absolute atomic E-state index is 12.7. The molecule has 3 rings (SSSR count). The Morgan fingerprint density at radius 3 is 2.56 bits per heavy atom. The van der Waals surface area contributed by atoms with Crippen molar-refractivity contribution < 1.29 is 34.2 Å². The summed E-state index contributed by atoms with van der Waals surface area (Å²) in [5.74, 6) is -0.703. The number of benzene rings is 1. The van der Waals surface area contributed by atoms with Crippen molar-refractivity contribution in [3.05, 3.63) is 59.7 Å². The van der Waals surface area contributed by atoms with Gasteiger partial charge in [0.1, 0.15) is 12.2 Å². The average Bonchev–Trinajstić information content (AvgIpc) is 2.95. The molecule has 0 radical (unpaired) electrons. The van der Waals surface area contributed by atoms with Gasteiger partial charge in [-0.05, 0) is 61.0 Å². The van der Waals surface area contributed by atoms with Crippen LogP contribution in [-0.2, 0) is 30.3 Å². The van der Waals surface area contributed by atoms with Crippen molar-refractivity contribution in [2.75, 3.05) is 0 Å². The molecular formula is C33H47NO7. The summed E-state index contributed by atoms with van der Waals surface area (Å²) in [6.07, 6.45) is 7.83. The molecule has 1 aromatic rings. The molecule has 8 atom stereocenters. The summed E-state index contributed by atoms with van der Waals surface area (Å²) in [6, 6.07) is 9.57. The standard InChI is InChI=1S/C33H47NO7/c1-5-22(3)33(38)41-29-18-21(2)17-25-13-11-23(4)28(32(25)29)15-14-26(35)19-27(20-30(36)34-39)40-31(37)16-12-24-9-7-6-8-10-24/h6-11,13,17,21-23,26-29,32,35,39H,5,12,14-16,18-20H2,1-4H3,(H,34,36)/t21-,22-,23-,26+,27-,28-,29-,32-/m0/s1. The van der Waals surface area contributed by atoms with Crippen molar-refractivity contribution in [2.24, 2.45) is 29.6 Å². The highest BCUT2D eigenvalue weighted by atomic mass is 16.5. The second-order valence-corrected chi connectivity index (χ2v) is 11.9. The zero-order chi connectivity index (χ0) is 29.9. The predicted molar refractivity (Wildman–Crippen MR) is 156 cm³/mol. The number of aryl methyl sites for hydroxylation is 1. The molecule has 3 N–H and O–H groups in total. The molecule has 2 aliphatic rings. The summed E-state index contributed by atoms with van der Waals surface area (Å²) in [4.78, 5) is 37.2. The number of allylic oxidation sites excluding steroid dienone is 3. The molecule has 0 saturated carbocycles. The molecule has 1 amide bonds. The SMILES string of the molecule is CC[C@H](C)C(=O)O[C@H]1C[C@@H](C)C=C2C=C[C@H](C)[C@H](CC[C@@H](O)C[C@@H](CC(=O)NO)OC(=O)CCc3ccccc3)[C@H]21. The van der Waals surface area contributed by atoms with Crippen molar-refractivity contribution in [2.45, 2.75) is 97.4 Å². The molecular weight excluding hydrogens is 522 g/mol. The highest BCUT2D eigenvalue weighted by Gasteiger charge is 2.41. The number of aliphatic hydroxyl groups excluding tert-OH is 1. The summed E-state index contributed by atoms with van der Waals surface area (Å²) in [7, 11) is 0. The quantitative estimate of drug-likeness (QED) is 0.157. The van der Waals surface area contributed by atoms with E-state index in [1.807, 2.05) is 44.2 Å². The van der Waals surface area contributed by atoms with Crippen molar-refractivity contribution in [1.82, 2.24) is 5.48 Å². The van der Waals surface area contributed by atoms with E-state index in [-0.39, 0.29) is 55.0 Å². The van der Waals surface area contributed by atoms with E-state index < -0.39 is 24.1 Å². The minimum absolute atomic E-state index is 0.0539. The Kier molecular flexibility index (Phi) is 12.6. The number of amides is 1. The number of carbonyl (C=O) groups is 3. The first-order valence-electron chi connectivity index (χ1n) is 15.1. The van der Waals surface area contributed by atoms with E-state index in [4.69, 9.17) is 14.7 Å². The van der Waals surface area contributed by atoms with E-state index in [0.29, 0.717) is 25.2 Å². The maximum Gasteiger partial charge on any atom is 0.308 e. The third-order valence-corrected chi connectivity index (χ3v) is 8.54. The lowest BCUT2D eigenvalue weighted by Gasteiger charge is -2.43. The molecule has 0 unspecified atom stereocenters. The molecule has 8 heteroatoms. The van der Waals surface area contributed by atoms with Crippen molar-refractivity contribution in [3.63, 3.8) is 0 Å². The second kappa shape index (κ2) is 15.9. The highest BCUT2D eigenvalue weighted by Crippen LogP contribution is 2.45. The van der Waals surface area contributed by atoms with Gasteiger partial charge >= 0.3 is 11.9 Å². The van der Waals surface area contributed by atoms with E-state index in [0.717, 1.165) is 18.4 Å². The van der Waals surface area contributed by atoms with E-state index in [2.05, 4.69) is 32.1 Å². The van der Waals surface area contributed by atoms with E-state index in [9.17, 15) is 19.5 Å². The number of hydrogen-bond acceptors (Lipinski definition) is 7. The summed E-state index contributed by atoms with van der Waals surface area (Å²) >= 11 is 0. The fourth-order valence-corrected chi connectivity index (χ4v) is 6.02. The minimum Gasteiger partial charge on any atom is -0.462 e. The molecule has 0 spiro atoms. The molecule has 0 saturated heterocycles. The van der Waals surface area contributed by atoms with Crippen LogP contribution in [0.3, 0.4) is 0 Å². The number of hydrogen-bond donors (Lipinski definition) is 3. The minimum atomic E-state index is -0.862. The van der Waals surface area contributed by atoms with Crippen LogP contribution in [0.25, 0.3) is 0 Å². The molecule has 41 heavy (non-hydrogen) atoms. The summed E-state index contributed by atoms with van der Waals surface area (Å²) in [5, 5.41) is 20.0. The zero-order valence-electron chi connectivity index (χ0n) is 24.8. The fourth-order valence-electron chi connectivity index (χ4n) is 6.02. The first kappa shape index (κ1) is 32.5. The zero-order valence-corrected chi connectivity index (χ0v) is 24.8. The molecule has 0 bridgehead atoms. The van der Waals surface area contributed by atoms with Crippen LogP contribution in [0.15, 0.2) is 54.1 Å². The number of aliphatic hydroxyl groups is 1. The van der Waals surface area contributed by atoms with Gasteiger partial charge in [-0.25, -0.2) is 5.48 Å². The molecule has 1 aromatic carbocycles. The van der Waals surface area contributed by atoms with Crippen molar-refractivity contribution >= 4 is 17.8 Å². The number of hydroxylamine groups is 1. The first-order chi connectivity index (χ1) is 19.6. The molecule has 0 aromatic heterocycles. The lowest BCUT2D eigenvalue weighted by Crippen LogP contribution is -2.41. The predicted octanol–water partition coefficient (Wildman–Crippen LogP) is 5.32. The summed E-state index contributed by atoms with van der Waals surface area (Å²) < 4.78 is 11.7. The van der Waals surface area contributed by atoms with Crippen LogP contribution in [0.4, 0.5) is 0 Å². The first-order valence-corrected chi connectivity index (χ1v) is 15.1. The fraction of sp³-hybridized carbons (Fsp3) is 0.606. The Balaban J connectivity index is 1.63. The lowest BCUT2D eigenvalue weighted by atomic mass is 9.65. The van der Waals surface area contributed by atoms with Gasteiger partial charge < -0.3 is 14.6 Å². The third kappa shape index (κ3) is 9.82. The average molecular weight is 570 g/mol. The van der Waals surface area contributed by atoms with Crippen LogP contribution >= 0.6 is 0 Å². The van der Waals surface area contributed by atoms with Crippen LogP contribution < -0.4 is 5.48 Å². The molecule has 0 fully saturated rings. The lowest BCUT2D eigenvalue weighted by molar-refractivity contribution is -0.159.